The standard InChI is InChI=1S/C13H15Cl2F4N5O2/c1-2-24(21)12(23-20)22-11(25)8-7(16)5-6(14)10(9(8)15)26-4-3-13(17,18)19/h5H,2-4,20-21H2,1H3,(H,22,23,25). The number of carbonyl (C=O) groups is 1. The van der Waals surface area contributed by atoms with E-state index in [-0.39, 0.29) is 12.5 Å². The van der Waals surface area contributed by atoms with Gasteiger partial charge in [0.1, 0.15) is 5.82 Å². The minimum Gasteiger partial charge on any atom is -0.490 e. The van der Waals surface area contributed by atoms with Crippen molar-refractivity contribution in [3.8, 4) is 5.75 Å². The Morgan fingerprint density at radius 1 is 1.42 bits per heavy atom. The maximum absolute atomic E-state index is 14.1. The van der Waals surface area contributed by atoms with E-state index in [4.69, 9.17) is 39.6 Å². The van der Waals surface area contributed by atoms with Crippen LogP contribution in [-0.2, 0) is 0 Å². The average molecular weight is 420 g/mol. The Bertz CT molecular complexity index is 700. The average Bonchev–Trinajstić information content (AvgIpc) is 2.53. The van der Waals surface area contributed by atoms with Crippen molar-refractivity contribution in [1.82, 2.24) is 10.3 Å². The summed E-state index contributed by atoms with van der Waals surface area (Å²) in [6.45, 7) is 1.01. The second kappa shape index (κ2) is 9.10. The fraction of sp³-hybridized carbons (Fsp3) is 0.385. The molecule has 0 radical (unpaired) electrons. The van der Waals surface area contributed by atoms with Crippen LogP contribution in [0.1, 0.15) is 23.7 Å². The predicted octanol–water partition coefficient (Wildman–Crippen LogP) is 2.62. The Morgan fingerprint density at radius 3 is 2.54 bits per heavy atom. The van der Waals surface area contributed by atoms with Crippen molar-refractivity contribution >= 4 is 35.1 Å². The largest absolute Gasteiger partial charge is 0.490 e. The van der Waals surface area contributed by atoms with Crippen LogP contribution < -0.4 is 21.7 Å². The molecule has 26 heavy (non-hydrogen) atoms. The van der Waals surface area contributed by atoms with Gasteiger partial charge in [0.05, 0.1) is 28.6 Å². The smallest absolute Gasteiger partial charge is 0.392 e. The van der Waals surface area contributed by atoms with Crippen molar-refractivity contribution in [3.05, 3.63) is 27.5 Å². The van der Waals surface area contributed by atoms with Gasteiger partial charge in [-0.25, -0.2) is 10.2 Å². The van der Waals surface area contributed by atoms with Crippen molar-refractivity contribution in [2.45, 2.75) is 19.5 Å². The van der Waals surface area contributed by atoms with Crippen molar-refractivity contribution in [2.75, 3.05) is 13.2 Å². The van der Waals surface area contributed by atoms with Gasteiger partial charge in [0.2, 0.25) is 5.96 Å². The van der Waals surface area contributed by atoms with Gasteiger partial charge in [-0.1, -0.05) is 23.2 Å². The summed E-state index contributed by atoms with van der Waals surface area (Å²) < 4.78 is 55.6. The third kappa shape index (κ3) is 5.78. The number of ether oxygens (including phenoxy) is 1. The number of hydrazine groups is 1. The van der Waals surface area contributed by atoms with Crippen LogP contribution in [0, 0.1) is 5.82 Å². The van der Waals surface area contributed by atoms with Gasteiger partial charge in [-0.05, 0) is 13.0 Å². The Labute approximate surface area is 155 Å². The molecule has 0 spiro atoms. The normalized spacial score (nSPS) is 12.1. The molecule has 0 bridgehead atoms. The number of benzene rings is 1. The van der Waals surface area contributed by atoms with Gasteiger partial charge >= 0.3 is 6.18 Å². The van der Waals surface area contributed by atoms with Gasteiger partial charge in [-0.2, -0.15) is 13.2 Å². The van der Waals surface area contributed by atoms with E-state index in [1.807, 2.05) is 0 Å². The molecule has 1 rings (SSSR count). The number of alkyl halides is 3. The number of hydrogen-bond donors (Lipinski definition) is 3. The van der Waals surface area contributed by atoms with Crippen LogP contribution in [0.4, 0.5) is 17.6 Å². The van der Waals surface area contributed by atoms with Gasteiger partial charge in [-0.3, -0.25) is 15.1 Å². The highest BCUT2D eigenvalue weighted by Crippen LogP contribution is 2.38. The number of hydrazone groups is 1. The molecule has 0 heterocycles. The number of halogens is 6. The second-order valence-electron chi connectivity index (χ2n) is 4.76. The molecule has 7 nitrogen and oxygen atoms in total. The van der Waals surface area contributed by atoms with E-state index in [9.17, 15) is 22.4 Å². The molecule has 0 aliphatic carbocycles. The highest BCUT2D eigenvalue weighted by atomic mass is 35.5. The fourth-order valence-corrected chi connectivity index (χ4v) is 2.30. The molecule has 0 saturated heterocycles. The Hall–Kier alpha value is -1.98. The lowest BCUT2D eigenvalue weighted by Crippen LogP contribution is -2.48. The summed E-state index contributed by atoms with van der Waals surface area (Å²) >= 11 is 11.6. The van der Waals surface area contributed by atoms with Crippen LogP contribution >= 0.6 is 23.2 Å². The summed E-state index contributed by atoms with van der Waals surface area (Å²) in [6, 6.07) is 0.685. The molecule has 0 aliphatic rings. The monoisotopic (exact) mass is 419 g/mol. The molecule has 1 amide bonds. The van der Waals surface area contributed by atoms with Gasteiger partial charge < -0.3 is 10.6 Å². The number of hydrogen-bond acceptors (Lipinski definition) is 5. The zero-order valence-electron chi connectivity index (χ0n) is 13.3. The van der Waals surface area contributed by atoms with E-state index in [1.165, 1.54) is 0 Å². The van der Waals surface area contributed by atoms with Crippen LogP contribution in [0.15, 0.2) is 11.2 Å². The summed E-state index contributed by atoms with van der Waals surface area (Å²) in [5, 5.41) is 5.32. The van der Waals surface area contributed by atoms with Crippen molar-refractivity contribution in [1.29, 1.82) is 0 Å². The molecule has 0 saturated carbocycles. The summed E-state index contributed by atoms with van der Waals surface area (Å²) in [7, 11) is 0. The zero-order valence-corrected chi connectivity index (χ0v) is 14.8. The topological polar surface area (TPSA) is 106 Å². The zero-order chi connectivity index (χ0) is 20.1. The van der Waals surface area contributed by atoms with E-state index in [0.717, 1.165) is 5.01 Å². The van der Waals surface area contributed by atoms with Crippen LogP contribution in [0.5, 0.6) is 5.75 Å². The minimum absolute atomic E-state index is 0.207. The Kier molecular flexibility index (Phi) is 7.72. The SMILES string of the molecule is CCN(N)/C(=N\N)NC(=O)c1c(F)cc(Cl)c(OCCC(F)(F)F)c1Cl. The highest BCUT2D eigenvalue weighted by molar-refractivity contribution is 6.39. The molecule has 146 valence electrons. The lowest BCUT2D eigenvalue weighted by Gasteiger charge is -2.19. The quantitative estimate of drug-likeness (QED) is 0.223. The molecule has 0 atom stereocenters. The number of nitrogens with one attached hydrogen (secondary N) is 1. The molecule has 0 fully saturated rings. The van der Waals surface area contributed by atoms with Gasteiger partial charge in [0.15, 0.2) is 5.75 Å². The van der Waals surface area contributed by atoms with Crippen molar-refractivity contribution in [3.63, 3.8) is 0 Å². The van der Waals surface area contributed by atoms with Gasteiger partial charge in [0.25, 0.3) is 5.91 Å². The summed E-state index contributed by atoms with van der Waals surface area (Å²) in [5.41, 5.74) is -0.719. The fourth-order valence-electron chi connectivity index (χ4n) is 1.67. The van der Waals surface area contributed by atoms with Crippen LogP contribution in [0.25, 0.3) is 0 Å². The summed E-state index contributed by atoms with van der Waals surface area (Å²) in [6.07, 6.45) is -5.77. The predicted molar refractivity (Wildman–Crippen MR) is 88.2 cm³/mol. The molecule has 1 aromatic rings. The van der Waals surface area contributed by atoms with Gasteiger partial charge in [0, 0.05) is 6.54 Å². The number of nitrogens with zero attached hydrogens (tertiary/aromatic N) is 2. The van der Waals surface area contributed by atoms with Gasteiger partial charge in [-0.15, -0.1) is 5.10 Å². The van der Waals surface area contributed by atoms with Crippen molar-refractivity contribution in [2.24, 2.45) is 16.8 Å². The van der Waals surface area contributed by atoms with Crippen LogP contribution in [-0.4, -0.2) is 36.2 Å². The first-order valence-electron chi connectivity index (χ1n) is 7.00. The summed E-state index contributed by atoms with van der Waals surface area (Å²) in [4.78, 5) is 12.2. The molecule has 0 aliphatic heterocycles. The second-order valence-corrected chi connectivity index (χ2v) is 5.55. The first-order valence-corrected chi connectivity index (χ1v) is 7.75. The Balaban J connectivity index is 3.12. The minimum atomic E-state index is -4.48. The van der Waals surface area contributed by atoms with Crippen LogP contribution in [0.2, 0.25) is 10.0 Å². The van der Waals surface area contributed by atoms with E-state index in [1.54, 1.807) is 6.92 Å². The summed E-state index contributed by atoms with van der Waals surface area (Å²) in [5.74, 6) is 7.63. The molecule has 1 aromatic carbocycles. The lowest BCUT2D eigenvalue weighted by molar-refractivity contribution is -0.139. The molecular formula is C13H15Cl2F4N5O2. The number of guanidine groups is 1. The number of amides is 1. The molecule has 13 heteroatoms. The first kappa shape index (κ1) is 22.1. The van der Waals surface area contributed by atoms with E-state index >= 15 is 0 Å². The molecule has 0 unspecified atom stereocenters. The number of carbonyl (C=O) groups excluding carboxylic acids is 1. The maximum Gasteiger partial charge on any atom is 0.392 e. The van der Waals surface area contributed by atoms with E-state index < -0.39 is 52.3 Å². The van der Waals surface area contributed by atoms with Crippen LogP contribution in [0.3, 0.4) is 0 Å². The Morgan fingerprint density at radius 2 is 2.04 bits per heavy atom. The number of nitrogens with two attached hydrogens (primary N) is 2. The highest BCUT2D eigenvalue weighted by Gasteiger charge is 2.29. The van der Waals surface area contributed by atoms with E-state index in [0.29, 0.717) is 6.07 Å². The molecular weight excluding hydrogens is 405 g/mol. The van der Waals surface area contributed by atoms with Crippen molar-refractivity contribution < 1.29 is 27.1 Å². The lowest BCUT2D eigenvalue weighted by atomic mass is 10.2. The van der Waals surface area contributed by atoms with E-state index in [2.05, 4.69) is 10.4 Å². The number of rotatable bonds is 5. The molecule has 5 N–H and O–H groups in total. The maximum atomic E-state index is 14.1. The third-order valence-corrected chi connectivity index (χ3v) is 3.59. The molecule has 0 aromatic heterocycles. The third-order valence-electron chi connectivity index (χ3n) is 2.95. The first-order chi connectivity index (χ1) is 12.0.